The summed E-state index contributed by atoms with van der Waals surface area (Å²) in [6, 6.07) is 25.0. The van der Waals surface area contributed by atoms with Crippen molar-refractivity contribution in [2.75, 3.05) is 47.5 Å². The van der Waals surface area contributed by atoms with Crippen LogP contribution >= 0.6 is 0 Å². The third-order valence-electron chi connectivity index (χ3n) is 13.2. The SMILES string of the molecule is COc1ccc(CCn2c(CCN3CCc4nc[nH]c4C3)nc3ccc(COc4cc(CCn5c(CCN6CCn7cnnc7C6)nc6ccccc6c5=O)ccc4OC)cc3c2=O)cc1OC. The lowest BCUT2D eigenvalue weighted by Crippen LogP contribution is -2.36. The number of nitrogens with zero attached hydrogens (tertiary/aromatic N) is 10. The second kappa shape index (κ2) is 19.8. The van der Waals surface area contributed by atoms with Gasteiger partial charge in [0.25, 0.3) is 11.1 Å². The fourth-order valence-electron chi connectivity index (χ4n) is 9.41. The van der Waals surface area contributed by atoms with Crippen LogP contribution in [0.2, 0.25) is 0 Å². The second-order valence-corrected chi connectivity index (χ2v) is 17.4. The highest BCUT2D eigenvalue weighted by Gasteiger charge is 2.22. The Morgan fingerprint density at radius 1 is 0.618 bits per heavy atom. The van der Waals surface area contributed by atoms with Gasteiger partial charge in [-0.2, -0.15) is 0 Å². The van der Waals surface area contributed by atoms with Gasteiger partial charge in [0, 0.05) is 71.6 Å². The molecule has 0 saturated carbocycles. The largest absolute Gasteiger partial charge is 0.493 e. The Hall–Kier alpha value is -7.37. The predicted molar refractivity (Wildman–Crippen MR) is 257 cm³/mol. The number of rotatable bonds is 18. The number of imidazole rings is 1. The van der Waals surface area contributed by atoms with Gasteiger partial charge in [-0.1, -0.05) is 30.3 Å². The molecule has 17 heteroatoms. The molecule has 0 aliphatic carbocycles. The summed E-state index contributed by atoms with van der Waals surface area (Å²) in [6.07, 6.45) is 6.81. The molecule has 0 bridgehead atoms. The Balaban J connectivity index is 0.867. The van der Waals surface area contributed by atoms with E-state index in [2.05, 4.69) is 34.5 Å². The van der Waals surface area contributed by atoms with E-state index in [0.29, 0.717) is 90.1 Å². The van der Waals surface area contributed by atoms with Gasteiger partial charge in [-0.3, -0.25) is 28.5 Å². The topological polar surface area (TPSA) is 173 Å². The van der Waals surface area contributed by atoms with Gasteiger partial charge in [0.2, 0.25) is 0 Å². The average molecular weight is 918 g/mol. The Labute approximate surface area is 392 Å². The molecule has 6 heterocycles. The highest BCUT2D eigenvalue weighted by Crippen LogP contribution is 2.31. The van der Waals surface area contributed by atoms with Crippen LogP contribution in [0.4, 0.5) is 0 Å². The van der Waals surface area contributed by atoms with Crippen LogP contribution in [-0.4, -0.2) is 101 Å². The van der Waals surface area contributed by atoms with Crippen molar-refractivity contribution < 1.29 is 18.9 Å². The van der Waals surface area contributed by atoms with E-state index in [1.54, 1.807) is 34.0 Å². The minimum atomic E-state index is -0.0976. The summed E-state index contributed by atoms with van der Waals surface area (Å²) in [6.45, 7) is 6.65. The number of para-hydroxylation sites is 1. The summed E-state index contributed by atoms with van der Waals surface area (Å²) in [4.78, 5) is 51.1. The van der Waals surface area contributed by atoms with Crippen LogP contribution < -0.4 is 30.1 Å². The van der Waals surface area contributed by atoms with Gasteiger partial charge < -0.3 is 28.5 Å². The van der Waals surface area contributed by atoms with Gasteiger partial charge in [-0.15, -0.1) is 10.2 Å². The third-order valence-corrected chi connectivity index (χ3v) is 13.2. The van der Waals surface area contributed by atoms with Gasteiger partial charge in [-0.05, 0) is 78.1 Å². The van der Waals surface area contributed by atoms with Gasteiger partial charge in [0.1, 0.15) is 30.4 Å². The number of hydrogen-bond donors (Lipinski definition) is 1. The summed E-state index contributed by atoms with van der Waals surface area (Å²) in [7, 11) is 4.85. The second-order valence-electron chi connectivity index (χ2n) is 17.4. The van der Waals surface area contributed by atoms with Crippen LogP contribution in [0, 0.1) is 0 Å². The maximum atomic E-state index is 14.6. The number of aromatic nitrogens is 9. The first kappa shape index (κ1) is 44.5. The molecule has 0 atom stereocenters. The number of ether oxygens (including phenoxy) is 4. The highest BCUT2D eigenvalue weighted by atomic mass is 16.5. The average Bonchev–Trinajstić information content (AvgIpc) is 4.06. The monoisotopic (exact) mass is 917 g/mol. The van der Waals surface area contributed by atoms with Crippen LogP contribution in [0.25, 0.3) is 21.8 Å². The molecule has 0 radical (unpaired) electrons. The lowest BCUT2D eigenvalue weighted by atomic mass is 10.1. The van der Waals surface area contributed by atoms with Gasteiger partial charge in [-0.25, -0.2) is 15.0 Å². The van der Waals surface area contributed by atoms with E-state index in [4.69, 9.17) is 28.9 Å². The van der Waals surface area contributed by atoms with Gasteiger partial charge in [0.05, 0.1) is 67.4 Å². The maximum Gasteiger partial charge on any atom is 0.261 e. The van der Waals surface area contributed by atoms with Crippen LogP contribution in [0.3, 0.4) is 0 Å². The highest BCUT2D eigenvalue weighted by molar-refractivity contribution is 5.79. The summed E-state index contributed by atoms with van der Waals surface area (Å²) >= 11 is 0. The van der Waals surface area contributed by atoms with Crippen molar-refractivity contribution in [1.29, 1.82) is 0 Å². The van der Waals surface area contributed by atoms with Gasteiger partial charge in [0.15, 0.2) is 23.0 Å². The summed E-state index contributed by atoms with van der Waals surface area (Å²) in [5.41, 5.74) is 6.27. The number of H-pyrrole nitrogens is 1. The molecule has 0 spiro atoms. The molecular weight excluding hydrogens is 863 g/mol. The smallest absolute Gasteiger partial charge is 0.261 e. The number of nitrogens with one attached hydrogen (secondary N) is 1. The fourth-order valence-corrected chi connectivity index (χ4v) is 9.41. The zero-order valence-electron chi connectivity index (χ0n) is 38.7. The molecule has 0 fully saturated rings. The van der Waals surface area contributed by atoms with Crippen LogP contribution in [0.15, 0.2) is 101 Å². The Bertz CT molecular complexity index is 3210. The zero-order valence-corrected chi connectivity index (χ0v) is 38.7. The Kier molecular flexibility index (Phi) is 13.0. The third kappa shape index (κ3) is 9.44. The van der Waals surface area contributed by atoms with Gasteiger partial charge >= 0.3 is 0 Å². The van der Waals surface area contributed by atoms with E-state index in [-0.39, 0.29) is 17.7 Å². The normalized spacial score (nSPS) is 14.0. The quantitative estimate of drug-likeness (QED) is 0.120. The van der Waals surface area contributed by atoms with Crippen LogP contribution in [-0.2, 0) is 71.4 Å². The van der Waals surface area contributed by atoms with E-state index < -0.39 is 0 Å². The van der Waals surface area contributed by atoms with E-state index in [9.17, 15) is 9.59 Å². The maximum absolute atomic E-state index is 14.6. The lowest BCUT2D eigenvalue weighted by molar-refractivity contribution is 0.217. The molecule has 0 amide bonds. The molecular formula is C51H55N11O6. The minimum Gasteiger partial charge on any atom is -0.493 e. The molecule has 17 nitrogen and oxygen atoms in total. The van der Waals surface area contributed by atoms with Crippen molar-refractivity contribution in [3.8, 4) is 23.0 Å². The molecule has 0 saturated heterocycles. The molecule has 4 aromatic carbocycles. The molecule has 1 N–H and O–H groups in total. The first-order valence-corrected chi connectivity index (χ1v) is 23.2. The molecule has 0 unspecified atom stereocenters. The molecule has 4 aromatic heterocycles. The molecule has 2 aliphatic heterocycles. The molecule has 68 heavy (non-hydrogen) atoms. The van der Waals surface area contributed by atoms with Crippen LogP contribution in [0.1, 0.15) is 45.6 Å². The van der Waals surface area contributed by atoms with Crippen molar-refractivity contribution in [1.82, 2.24) is 53.6 Å². The number of hydrogen-bond acceptors (Lipinski definition) is 13. The predicted octanol–water partition coefficient (Wildman–Crippen LogP) is 5.17. The van der Waals surface area contributed by atoms with Crippen LogP contribution in [0.5, 0.6) is 23.0 Å². The minimum absolute atomic E-state index is 0.0534. The summed E-state index contributed by atoms with van der Waals surface area (Å²) in [5, 5.41) is 9.45. The summed E-state index contributed by atoms with van der Waals surface area (Å²) in [5.74, 6) is 4.88. The van der Waals surface area contributed by atoms with Crippen molar-refractivity contribution in [3.05, 3.63) is 158 Å². The van der Waals surface area contributed by atoms with E-state index in [1.807, 2.05) is 88.0 Å². The zero-order chi connectivity index (χ0) is 46.6. The molecule has 350 valence electrons. The first-order chi connectivity index (χ1) is 33.3. The number of aryl methyl sites for hydroxylation is 2. The number of methoxy groups -OCH3 is 3. The lowest BCUT2D eigenvalue weighted by Gasteiger charge is -2.27. The molecule has 2 aliphatic rings. The van der Waals surface area contributed by atoms with E-state index >= 15 is 0 Å². The Morgan fingerprint density at radius 3 is 2.00 bits per heavy atom. The van der Waals surface area contributed by atoms with E-state index in [0.717, 1.165) is 91.2 Å². The molecule has 10 rings (SSSR count). The number of aromatic amines is 1. The fraction of sp³-hybridized carbons (Fsp3) is 0.353. The van der Waals surface area contributed by atoms with E-state index in [1.165, 1.54) is 0 Å². The van der Waals surface area contributed by atoms with Crippen molar-refractivity contribution >= 4 is 21.8 Å². The number of benzene rings is 4. The van der Waals surface area contributed by atoms with Crippen molar-refractivity contribution in [2.45, 2.75) is 71.4 Å². The number of fused-ring (bicyclic) bond motifs is 4. The van der Waals surface area contributed by atoms with Crippen molar-refractivity contribution in [2.24, 2.45) is 0 Å². The molecule has 8 aromatic rings. The summed E-state index contributed by atoms with van der Waals surface area (Å²) < 4.78 is 29.0. The first-order valence-electron chi connectivity index (χ1n) is 23.2. The Morgan fingerprint density at radius 2 is 1.26 bits per heavy atom. The van der Waals surface area contributed by atoms with Crippen molar-refractivity contribution in [3.63, 3.8) is 0 Å². The standard InChI is InChI=1S/C51H55N11O6/c1-65-43-12-9-34(27-45(43)67-3)14-23-62-48(17-20-58-19-16-41-42(29-58)53-32-52-41)56-40-11-8-36(26-38(40)51(62)64)31-68-46-28-35(10-13-44(46)66-2)15-22-61-47(55-39-7-5-4-6-37(39)50(61)63)18-21-59-24-25-60-33-54-57-49(60)30-59/h4-13,26-28,32-33H,14-25,29-31H2,1-3H3,(H,52,53).